The molecule has 2 aromatic rings. The second kappa shape index (κ2) is 7.05. The van der Waals surface area contributed by atoms with Crippen LogP contribution in [0, 0.1) is 16.0 Å². The van der Waals surface area contributed by atoms with Crippen LogP contribution in [-0.4, -0.2) is 35.5 Å². The molecule has 26 heavy (non-hydrogen) atoms. The van der Waals surface area contributed by atoms with Gasteiger partial charge in [-0.1, -0.05) is 24.3 Å². The van der Waals surface area contributed by atoms with E-state index in [1.807, 2.05) is 6.07 Å². The van der Waals surface area contributed by atoms with Gasteiger partial charge in [-0.2, -0.15) is 0 Å². The van der Waals surface area contributed by atoms with E-state index < -0.39 is 4.92 Å². The Labute approximate surface area is 152 Å². The van der Waals surface area contributed by atoms with E-state index in [-0.39, 0.29) is 17.8 Å². The number of non-ortho nitro benzene ring substituents is 1. The normalized spacial score (nSPS) is 25.2. The SMILES string of the molecule is NC[C@@H]1CCN([C@@H]2Cc3ccccc3[C@H]2Oc2ccc([N+](=O)[O-])cc2)C1. The second-order valence-electron chi connectivity index (χ2n) is 7.15. The third kappa shape index (κ3) is 3.18. The van der Waals surface area contributed by atoms with E-state index in [0.29, 0.717) is 11.7 Å². The summed E-state index contributed by atoms with van der Waals surface area (Å²) in [7, 11) is 0. The number of nitrogens with two attached hydrogens (primary N) is 1. The van der Waals surface area contributed by atoms with Crippen molar-refractivity contribution in [2.24, 2.45) is 11.7 Å². The lowest BCUT2D eigenvalue weighted by Gasteiger charge is -2.30. The quantitative estimate of drug-likeness (QED) is 0.660. The Kier molecular flexibility index (Phi) is 4.61. The van der Waals surface area contributed by atoms with Gasteiger partial charge in [-0.3, -0.25) is 15.0 Å². The summed E-state index contributed by atoms with van der Waals surface area (Å²) in [5.74, 6) is 1.22. The van der Waals surface area contributed by atoms with Crippen LogP contribution in [0.5, 0.6) is 5.75 Å². The summed E-state index contributed by atoms with van der Waals surface area (Å²) >= 11 is 0. The molecule has 1 heterocycles. The Morgan fingerprint density at radius 1 is 1.19 bits per heavy atom. The minimum Gasteiger partial charge on any atom is -0.484 e. The molecule has 1 fully saturated rings. The molecule has 0 unspecified atom stereocenters. The highest BCUT2D eigenvalue weighted by molar-refractivity contribution is 5.40. The van der Waals surface area contributed by atoms with E-state index >= 15 is 0 Å². The van der Waals surface area contributed by atoms with Crippen LogP contribution in [0.3, 0.4) is 0 Å². The molecule has 0 radical (unpaired) electrons. The molecular weight excluding hydrogens is 330 g/mol. The van der Waals surface area contributed by atoms with Gasteiger partial charge in [0.15, 0.2) is 0 Å². The summed E-state index contributed by atoms with van der Waals surface area (Å²) in [6.07, 6.45) is 2.03. The van der Waals surface area contributed by atoms with Crippen molar-refractivity contribution in [2.45, 2.75) is 25.0 Å². The summed E-state index contributed by atoms with van der Waals surface area (Å²) < 4.78 is 6.33. The number of nitro benzene ring substituents is 1. The smallest absolute Gasteiger partial charge is 0.269 e. The fourth-order valence-corrected chi connectivity index (χ4v) is 4.15. The van der Waals surface area contributed by atoms with Crippen molar-refractivity contribution in [1.82, 2.24) is 4.90 Å². The van der Waals surface area contributed by atoms with Gasteiger partial charge in [0.2, 0.25) is 0 Å². The van der Waals surface area contributed by atoms with Gasteiger partial charge < -0.3 is 10.5 Å². The van der Waals surface area contributed by atoms with Crippen LogP contribution in [0.4, 0.5) is 5.69 Å². The van der Waals surface area contributed by atoms with Crippen LogP contribution in [0.15, 0.2) is 48.5 Å². The molecule has 3 atom stereocenters. The van der Waals surface area contributed by atoms with Gasteiger partial charge in [-0.15, -0.1) is 0 Å². The van der Waals surface area contributed by atoms with E-state index in [1.54, 1.807) is 12.1 Å². The molecule has 0 saturated carbocycles. The van der Waals surface area contributed by atoms with Crippen LogP contribution in [0.1, 0.15) is 23.7 Å². The zero-order valence-corrected chi connectivity index (χ0v) is 14.6. The summed E-state index contributed by atoms with van der Waals surface area (Å²) in [6.45, 7) is 2.78. The predicted octanol–water partition coefficient (Wildman–Crippen LogP) is 2.92. The zero-order chi connectivity index (χ0) is 18.1. The first kappa shape index (κ1) is 17.0. The Balaban J connectivity index is 1.58. The molecule has 1 aliphatic carbocycles. The number of benzene rings is 2. The predicted molar refractivity (Wildman–Crippen MR) is 99.1 cm³/mol. The van der Waals surface area contributed by atoms with Crippen molar-refractivity contribution in [3.8, 4) is 5.75 Å². The minimum absolute atomic E-state index is 0.0656. The van der Waals surface area contributed by atoms with Gasteiger partial charge in [0, 0.05) is 18.7 Å². The third-order valence-corrected chi connectivity index (χ3v) is 5.57. The van der Waals surface area contributed by atoms with Crippen molar-refractivity contribution < 1.29 is 9.66 Å². The Bertz CT molecular complexity index is 793. The van der Waals surface area contributed by atoms with E-state index in [0.717, 1.165) is 32.5 Å². The largest absolute Gasteiger partial charge is 0.484 e. The van der Waals surface area contributed by atoms with Gasteiger partial charge in [0.1, 0.15) is 11.9 Å². The number of ether oxygens (including phenoxy) is 1. The third-order valence-electron chi connectivity index (χ3n) is 5.57. The molecule has 6 heteroatoms. The van der Waals surface area contributed by atoms with Crippen molar-refractivity contribution in [3.05, 3.63) is 69.8 Å². The van der Waals surface area contributed by atoms with Gasteiger partial charge in [-0.05, 0) is 55.1 Å². The molecule has 1 saturated heterocycles. The van der Waals surface area contributed by atoms with Gasteiger partial charge in [0.25, 0.3) is 5.69 Å². The van der Waals surface area contributed by atoms with E-state index in [4.69, 9.17) is 10.5 Å². The van der Waals surface area contributed by atoms with Gasteiger partial charge in [0.05, 0.1) is 11.0 Å². The maximum absolute atomic E-state index is 10.9. The molecule has 2 aromatic carbocycles. The summed E-state index contributed by atoms with van der Waals surface area (Å²) in [5.41, 5.74) is 8.47. The lowest BCUT2D eigenvalue weighted by atomic mass is 10.1. The first-order valence-corrected chi connectivity index (χ1v) is 9.08. The summed E-state index contributed by atoms with van der Waals surface area (Å²) in [4.78, 5) is 13.0. The maximum atomic E-state index is 10.9. The van der Waals surface area contributed by atoms with Crippen molar-refractivity contribution in [2.75, 3.05) is 19.6 Å². The first-order chi connectivity index (χ1) is 12.7. The molecule has 0 spiro atoms. The number of rotatable bonds is 5. The van der Waals surface area contributed by atoms with Gasteiger partial charge >= 0.3 is 0 Å². The summed E-state index contributed by atoms with van der Waals surface area (Å²) in [5, 5.41) is 10.9. The lowest BCUT2D eigenvalue weighted by Crippen LogP contribution is -2.39. The molecule has 136 valence electrons. The van der Waals surface area contributed by atoms with E-state index in [2.05, 4.69) is 23.1 Å². The van der Waals surface area contributed by atoms with Crippen molar-refractivity contribution in [1.29, 1.82) is 0 Å². The molecule has 1 aliphatic heterocycles. The highest BCUT2D eigenvalue weighted by Crippen LogP contribution is 2.39. The minimum atomic E-state index is -0.394. The number of nitro groups is 1. The Hall–Kier alpha value is -2.44. The highest BCUT2D eigenvalue weighted by Gasteiger charge is 2.40. The lowest BCUT2D eigenvalue weighted by molar-refractivity contribution is -0.384. The first-order valence-electron chi connectivity index (χ1n) is 9.08. The number of likely N-dealkylation sites (tertiary alicyclic amines) is 1. The average Bonchev–Trinajstić information content (AvgIpc) is 3.27. The Morgan fingerprint density at radius 3 is 2.65 bits per heavy atom. The van der Waals surface area contributed by atoms with E-state index in [1.165, 1.54) is 23.3 Å². The number of nitrogens with zero attached hydrogens (tertiary/aromatic N) is 2. The molecule has 2 aliphatic rings. The van der Waals surface area contributed by atoms with Gasteiger partial charge in [-0.25, -0.2) is 0 Å². The Morgan fingerprint density at radius 2 is 1.96 bits per heavy atom. The number of fused-ring (bicyclic) bond motifs is 1. The van der Waals surface area contributed by atoms with Crippen molar-refractivity contribution in [3.63, 3.8) is 0 Å². The molecule has 2 N–H and O–H groups in total. The highest BCUT2D eigenvalue weighted by atomic mass is 16.6. The fraction of sp³-hybridized carbons (Fsp3) is 0.400. The molecule has 4 rings (SSSR count). The summed E-state index contributed by atoms with van der Waals surface area (Å²) in [6, 6.07) is 15.0. The maximum Gasteiger partial charge on any atom is 0.269 e. The topological polar surface area (TPSA) is 81.6 Å². The number of hydrogen-bond acceptors (Lipinski definition) is 5. The molecule has 0 amide bonds. The average molecular weight is 353 g/mol. The van der Waals surface area contributed by atoms with Crippen LogP contribution < -0.4 is 10.5 Å². The standard InChI is InChI=1S/C20H23N3O3/c21-12-14-9-10-22(13-14)19-11-15-3-1-2-4-18(15)20(19)26-17-7-5-16(6-8-17)23(24)25/h1-8,14,19-20H,9-13,21H2/t14-,19+,20+/m0/s1. The zero-order valence-electron chi connectivity index (χ0n) is 14.6. The van der Waals surface area contributed by atoms with Crippen LogP contribution in [-0.2, 0) is 6.42 Å². The second-order valence-corrected chi connectivity index (χ2v) is 7.15. The molecule has 0 bridgehead atoms. The molecular formula is C20H23N3O3. The molecule has 6 nitrogen and oxygen atoms in total. The fourth-order valence-electron chi connectivity index (χ4n) is 4.15. The van der Waals surface area contributed by atoms with Crippen molar-refractivity contribution >= 4 is 5.69 Å². The van der Waals surface area contributed by atoms with Crippen LogP contribution in [0.25, 0.3) is 0 Å². The van der Waals surface area contributed by atoms with Crippen LogP contribution >= 0.6 is 0 Å². The number of hydrogen-bond donors (Lipinski definition) is 1. The van der Waals surface area contributed by atoms with E-state index in [9.17, 15) is 10.1 Å². The van der Waals surface area contributed by atoms with Crippen LogP contribution in [0.2, 0.25) is 0 Å². The monoisotopic (exact) mass is 353 g/mol. The molecule has 0 aromatic heterocycles.